The van der Waals surface area contributed by atoms with Crippen molar-refractivity contribution in [3.8, 4) is 5.75 Å². The third-order valence-electron chi connectivity index (χ3n) is 2.35. The minimum atomic E-state index is 0.700. The molecule has 0 aliphatic rings. The van der Waals surface area contributed by atoms with Gasteiger partial charge in [0, 0.05) is 17.6 Å². The minimum Gasteiger partial charge on any atom is -0.495 e. The van der Waals surface area contributed by atoms with E-state index >= 15 is 0 Å². The maximum absolute atomic E-state index is 5.29. The Kier molecular flexibility index (Phi) is 3.99. The molecule has 0 amide bonds. The summed E-state index contributed by atoms with van der Waals surface area (Å²) in [6, 6.07) is 7.55. The number of anilines is 3. The maximum Gasteiger partial charge on any atom is 0.142 e. The van der Waals surface area contributed by atoms with Crippen LogP contribution in [0.1, 0.15) is 0 Å². The second-order valence-corrected chi connectivity index (χ2v) is 4.42. The van der Waals surface area contributed by atoms with Crippen molar-refractivity contribution < 1.29 is 4.74 Å². The van der Waals surface area contributed by atoms with Gasteiger partial charge in [0.1, 0.15) is 23.7 Å². The monoisotopic (exact) mass is 308 g/mol. The van der Waals surface area contributed by atoms with Crippen molar-refractivity contribution in [1.82, 2.24) is 9.97 Å². The second-order valence-electron chi connectivity index (χ2n) is 3.51. The van der Waals surface area contributed by atoms with Gasteiger partial charge < -0.3 is 15.4 Å². The van der Waals surface area contributed by atoms with Gasteiger partial charge in [-0.2, -0.15) is 0 Å². The van der Waals surface area contributed by atoms with Gasteiger partial charge in [0.05, 0.1) is 12.8 Å². The molecule has 2 aromatic rings. The van der Waals surface area contributed by atoms with Crippen LogP contribution in [0.4, 0.5) is 17.3 Å². The smallest absolute Gasteiger partial charge is 0.142 e. The van der Waals surface area contributed by atoms with Crippen LogP contribution in [0.3, 0.4) is 0 Å². The standard InChI is InChI=1S/C12H13BrN4O/c1-14-11-6-12(16-7-15-11)17-9-5-8(13)3-4-10(9)18-2/h3-7H,1-2H3,(H2,14,15,16,17). The second kappa shape index (κ2) is 5.68. The first-order chi connectivity index (χ1) is 8.72. The quantitative estimate of drug-likeness (QED) is 0.909. The molecular weight excluding hydrogens is 296 g/mol. The fraction of sp³-hybridized carbons (Fsp3) is 0.167. The van der Waals surface area contributed by atoms with E-state index in [1.165, 1.54) is 6.33 Å². The Morgan fingerprint density at radius 1 is 1.17 bits per heavy atom. The number of aromatic nitrogens is 2. The lowest BCUT2D eigenvalue weighted by atomic mass is 10.3. The van der Waals surface area contributed by atoms with Gasteiger partial charge >= 0.3 is 0 Å². The van der Waals surface area contributed by atoms with Gasteiger partial charge in [0.15, 0.2) is 0 Å². The van der Waals surface area contributed by atoms with Gasteiger partial charge in [0.25, 0.3) is 0 Å². The van der Waals surface area contributed by atoms with Crippen LogP contribution in [0.25, 0.3) is 0 Å². The zero-order chi connectivity index (χ0) is 13.0. The molecule has 0 aliphatic carbocycles. The van der Waals surface area contributed by atoms with E-state index in [-0.39, 0.29) is 0 Å². The van der Waals surface area contributed by atoms with Crippen LogP contribution in [0.5, 0.6) is 5.75 Å². The van der Waals surface area contributed by atoms with Crippen LogP contribution < -0.4 is 15.4 Å². The van der Waals surface area contributed by atoms with Crippen molar-refractivity contribution in [3.05, 3.63) is 35.1 Å². The van der Waals surface area contributed by atoms with Crippen molar-refractivity contribution in [3.63, 3.8) is 0 Å². The molecule has 6 heteroatoms. The number of nitrogens with one attached hydrogen (secondary N) is 2. The number of hydrogen-bond donors (Lipinski definition) is 2. The summed E-state index contributed by atoms with van der Waals surface area (Å²) in [6.45, 7) is 0. The van der Waals surface area contributed by atoms with Crippen LogP contribution in [-0.4, -0.2) is 24.1 Å². The molecule has 2 rings (SSSR count). The molecule has 94 valence electrons. The number of methoxy groups -OCH3 is 1. The highest BCUT2D eigenvalue weighted by Crippen LogP contribution is 2.30. The molecule has 0 spiro atoms. The van der Waals surface area contributed by atoms with Crippen molar-refractivity contribution in [2.75, 3.05) is 24.8 Å². The fourth-order valence-electron chi connectivity index (χ4n) is 1.48. The molecule has 0 saturated carbocycles. The first-order valence-electron chi connectivity index (χ1n) is 5.33. The largest absolute Gasteiger partial charge is 0.495 e. The number of halogens is 1. The van der Waals surface area contributed by atoms with Gasteiger partial charge in [-0.1, -0.05) is 15.9 Å². The Morgan fingerprint density at radius 3 is 2.67 bits per heavy atom. The predicted molar refractivity (Wildman–Crippen MR) is 75.6 cm³/mol. The molecule has 2 N–H and O–H groups in total. The molecule has 0 bridgehead atoms. The minimum absolute atomic E-state index is 0.700. The summed E-state index contributed by atoms with van der Waals surface area (Å²) in [6.07, 6.45) is 1.50. The van der Waals surface area contributed by atoms with E-state index in [9.17, 15) is 0 Å². The van der Waals surface area contributed by atoms with Crippen LogP contribution >= 0.6 is 15.9 Å². The molecule has 0 aliphatic heterocycles. The molecule has 0 unspecified atom stereocenters. The van der Waals surface area contributed by atoms with Gasteiger partial charge in [-0.3, -0.25) is 0 Å². The third kappa shape index (κ3) is 2.89. The SMILES string of the molecule is CNc1cc(Nc2cc(Br)ccc2OC)ncn1. The number of nitrogens with zero attached hydrogens (tertiary/aromatic N) is 2. The zero-order valence-corrected chi connectivity index (χ0v) is 11.7. The Labute approximate surface area is 114 Å². The Bertz CT molecular complexity index is 547. The highest BCUT2D eigenvalue weighted by atomic mass is 79.9. The van der Waals surface area contributed by atoms with E-state index in [0.717, 1.165) is 21.7 Å². The van der Waals surface area contributed by atoms with Crippen molar-refractivity contribution in [1.29, 1.82) is 0 Å². The van der Waals surface area contributed by atoms with Gasteiger partial charge in [-0.25, -0.2) is 9.97 Å². The fourth-order valence-corrected chi connectivity index (χ4v) is 1.84. The van der Waals surface area contributed by atoms with E-state index in [1.54, 1.807) is 7.11 Å². The Hall–Kier alpha value is -1.82. The number of ether oxygens (including phenoxy) is 1. The summed E-state index contributed by atoms with van der Waals surface area (Å²) in [5, 5.41) is 6.15. The number of benzene rings is 1. The first kappa shape index (κ1) is 12.6. The summed E-state index contributed by atoms with van der Waals surface area (Å²) >= 11 is 3.43. The molecule has 0 radical (unpaired) electrons. The average Bonchev–Trinajstić information content (AvgIpc) is 2.39. The molecule has 0 saturated heterocycles. The van der Waals surface area contributed by atoms with Crippen LogP contribution in [0, 0.1) is 0 Å². The first-order valence-corrected chi connectivity index (χ1v) is 6.12. The van der Waals surface area contributed by atoms with Gasteiger partial charge in [0.2, 0.25) is 0 Å². The Balaban J connectivity index is 2.29. The lowest BCUT2D eigenvalue weighted by Crippen LogP contribution is -1.99. The molecule has 0 fully saturated rings. The molecule has 1 heterocycles. The molecule has 18 heavy (non-hydrogen) atoms. The lowest BCUT2D eigenvalue weighted by Gasteiger charge is -2.11. The normalized spacial score (nSPS) is 9.94. The van der Waals surface area contributed by atoms with E-state index in [2.05, 4.69) is 36.5 Å². The topological polar surface area (TPSA) is 59.1 Å². The summed E-state index contributed by atoms with van der Waals surface area (Å²) in [5.74, 6) is 2.20. The third-order valence-corrected chi connectivity index (χ3v) is 2.84. The van der Waals surface area contributed by atoms with Crippen LogP contribution in [0.15, 0.2) is 35.1 Å². The summed E-state index contributed by atoms with van der Waals surface area (Å²) in [4.78, 5) is 8.21. The van der Waals surface area contributed by atoms with Crippen LogP contribution in [0.2, 0.25) is 0 Å². The predicted octanol–water partition coefficient (Wildman–Crippen LogP) is 3.03. The van der Waals surface area contributed by atoms with Crippen molar-refractivity contribution >= 4 is 33.3 Å². The van der Waals surface area contributed by atoms with Crippen LogP contribution in [-0.2, 0) is 0 Å². The van der Waals surface area contributed by atoms with Crippen molar-refractivity contribution in [2.24, 2.45) is 0 Å². The van der Waals surface area contributed by atoms with E-state index in [4.69, 9.17) is 4.74 Å². The van der Waals surface area contributed by atoms with E-state index in [1.807, 2.05) is 31.3 Å². The molecule has 1 aromatic carbocycles. The average molecular weight is 309 g/mol. The van der Waals surface area contributed by atoms with E-state index < -0.39 is 0 Å². The molecule has 0 atom stereocenters. The molecule has 1 aromatic heterocycles. The number of rotatable bonds is 4. The Morgan fingerprint density at radius 2 is 1.94 bits per heavy atom. The molecular formula is C12H13BrN4O. The molecule has 5 nitrogen and oxygen atoms in total. The summed E-state index contributed by atoms with van der Waals surface area (Å²) in [5.41, 5.74) is 0.840. The maximum atomic E-state index is 5.29. The summed E-state index contributed by atoms with van der Waals surface area (Å²) < 4.78 is 6.25. The zero-order valence-electron chi connectivity index (χ0n) is 10.1. The highest BCUT2D eigenvalue weighted by Gasteiger charge is 2.05. The summed E-state index contributed by atoms with van der Waals surface area (Å²) in [7, 11) is 3.44. The number of hydrogen-bond acceptors (Lipinski definition) is 5. The highest BCUT2D eigenvalue weighted by molar-refractivity contribution is 9.10. The lowest BCUT2D eigenvalue weighted by molar-refractivity contribution is 0.416. The van der Waals surface area contributed by atoms with Gasteiger partial charge in [-0.15, -0.1) is 0 Å². The van der Waals surface area contributed by atoms with Gasteiger partial charge in [-0.05, 0) is 18.2 Å². The van der Waals surface area contributed by atoms with E-state index in [0.29, 0.717) is 5.82 Å². The van der Waals surface area contributed by atoms with Crippen molar-refractivity contribution in [2.45, 2.75) is 0 Å².